The number of rotatable bonds is 4. The van der Waals surface area contributed by atoms with Crippen molar-refractivity contribution in [2.75, 3.05) is 19.0 Å². The first-order valence-corrected chi connectivity index (χ1v) is 6.88. The molecule has 0 aliphatic carbocycles. The van der Waals surface area contributed by atoms with Crippen molar-refractivity contribution in [3.05, 3.63) is 59.2 Å². The van der Waals surface area contributed by atoms with Crippen molar-refractivity contribution in [3.8, 4) is 5.75 Å². The largest absolute Gasteiger partial charge is 0.507 e. The number of hydrogen-bond acceptors (Lipinski definition) is 4. The fourth-order valence-electron chi connectivity index (χ4n) is 1.91. The molecule has 5 heteroatoms. The number of phenols is 1. The van der Waals surface area contributed by atoms with Gasteiger partial charge in [-0.1, -0.05) is 12.1 Å². The molecular weight excluding hydrogens is 278 g/mol. The number of aromatic hydroxyl groups is 1. The Labute approximate surface area is 129 Å². The van der Waals surface area contributed by atoms with E-state index in [4.69, 9.17) is 0 Å². The molecule has 0 heterocycles. The normalized spacial score (nSPS) is 10.7. The number of nitrogens with one attached hydrogen (secondary N) is 1. The molecule has 0 atom stereocenters. The van der Waals surface area contributed by atoms with Gasteiger partial charge in [0.1, 0.15) is 5.75 Å². The maximum absolute atomic E-state index is 12.0. The van der Waals surface area contributed by atoms with E-state index in [0.29, 0.717) is 11.1 Å². The highest BCUT2D eigenvalue weighted by Gasteiger charge is 2.06. The summed E-state index contributed by atoms with van der Waals surface area (Å²) < 4.78 is 0. The number of hydrazone groups is 1. The Morgan fingerprint density at radius 3 is 2.68 bits per heavy atom. The number of carbonyl (C=O) groups is 1. The maximum atomic E-state index is 12.0. The van der Waals surface area contributed by atoms with Crippen LogP contribution in [-0.2, 0) is 0 Å². The van der Waals surface area contributed by atoms with Crippen molar-refractivity contribution in [3.63, 3.8) is 0 Å². The molecule has 0 saturated heterocycles. The molecule has 5 nitrogen and oxygen atoms in total. The second kappa shape index (κ2) is 6.76. The van der Waals surface area contributed by atoms with Gasteiger partial charge in [0.25, 0.3) is 5.91 Å². The number of hydrogen-bond donors (Lipinski definition) is 2. The molecule has 2 aromatic carbocycles. The molecule has 0 spiro atoms. The van der Waals surface area contributed by atoms with Crippen LogP contribution >= 0.6 is 0 Å². The number of nitrogens with zero attached hydrogens (tertiary/aromatic N) is 2. The zero-order chi connectivity index (χ0) is 16.1. The molecule has 0 radical (unpaired) electrons. The third-order valence-corrected chi connectivity index (χ3v) is 3.18. The topological polar surface area (TPSA) is 64.9 Å². The van der Waals surface area contributed by atoms with Crippen LogP contribution in [0.3, 0.4) is 0 Å². The van der Waals surface area contributed by atoms with Crippen LogP contribution in [0.1, 0.15) is 21.5 Å². The van der Waals surface area contributed by atoms with E-state index in [1.807, 2.05) is 44.1 Å². The molecule has 0 bridgehead atoms. The molecule has 0 fully saturated rings. The number of anilines is 1. The Morgan fingerprint density at radius 1 is 1.23 bits per heavy atom. The fourth-order valence-corrected chi connectivity index (χ4v) is 1.91. The average molecular weight is 297 g/mol. The number of aryl methyl sites for hydroxylation is 1. The van der Waals surface area contributed by atoms with E-state index >= 15 is 0 Å². The molecule has 2 aromatic rings. The van der Waals surface area contributed by atoms with Crippen LogP contribution in [0.15, 0.2) is 47.6 Å². The second-order valence-electron chi connectivity index (χ2n) is 5.21. The second-order valence-corrected chi connectivity index (χ2v) is 5.21. The minimum atomic E-state index is -0.299. The summed E-state index contributed by atoms with van der Waals surface area (Å²) in [6.45, 7) is 1.89. The van der Waals surface area contributed by atoms with E-state index in [1.54, 1.807) is 24.3 Å². The highest BCUT2D eigenvalue weighted by atomic mass is 16.3. The standard InChI is InChI=1S/C17H19N3O2/c1-12-7-8-14(16(21)9-12)11-18-19-17(22)13-5-4-6-15(10-13)20(2)3/h4-11,21H,1-3H3,(H,19,22)/b18-11+. The first kappa shape index (κ1) is 15.6. The van der Waals surface area contributed by atoms with Crippen LogP contribution in [0, 0.1) is 6.92 Å². The summed E-state index contributed by atoms with van der Waals surface area (Å²) in [6, 6.07) is 12.5. The van der Waals surface area contributed by atoms with Crippen LogP contribution < -0.4 is 10.3 Å². The smallest absolute Gasteiger partial charge is 0.271 e. The summed E-state index contributed by atoms with van der Waals surface area (Å²) in [5.74, 6) is -0.167. The van der Waals surface area contributed by atoms with Gasteiger partial charge in [-0.05, 0) is 42.8 Å². The van der Waals surface area contributed by atoms with Crippen molar-refractivity contribution >= 4 is 17.8 Å². The number of amides is 1. The zero-order valence-electron chi connectivity index (χ0n) is 12.9. The van der Waals surface area contributed by atoms with E-state index in [-0.39, 0.29) is 11.7 Å². The third-order valence-electron chi connectivity index (χ3n) is 3.18. The lowest BCUT2D eigenvalue weighted by molar-refractivity contribution is 0.0955. The molecule has 2 N–H and O–H groups in total. The highest BCUT2D eigenvalue weighted by Crippen LogP contribution is 2.16. The maximum Gasteiger partial charge on any atom is 0.271 e. The summed E-state index contributed by atoms with van der Waals surface area (Å²) >= 11 is 0. The minimum Gasteiger partial charge on any atom is -0.507 e. The van der Waals surface area contributed by atoms with Gasteiger partial charge >= 0.3 is 0 Å². The van der Waals surface area contributed by atoms with Crippen LogP contribution in [-0.4, -0.2) is 31.3 Å². The molecule has 0 unspecified atom stereocenters. The first-order chi connectivity index (χ1) is 10.5. The SMILES string of the molecule is Cc1ccc(/C=N/NC(=O)c2cccc(N(C)C)c2)c(O)c1. The van der Waals surface area contributed by atoms with Gasteiger partial charge in [0.05, 0.1) is 6.21 Å². The van der Waals surface area contributed by atoms with E-state index in [1.165, 1.54) is 6.21 Å². The van der Waals surface area contributed by atoms with Gasteiger partial charge in [-0.15, -0.1) is 0 Å². The Balaban J connectivity index is 2.06. The molecule has 114 valence electrons. The molecule has 0 aliphatic heterocycles. The van der Waals surface area contributed by atoms with Crippen molar-refractivity contribution in [1.82, 2.24) is 5.43 Å². The van der Waals surface area contributed by atoms with Crippen molar-refractivity contribution in [1.29, 1.82) is 0 Å². The van der Waals surface area contributed by atoms with Crippen molar-refractivity contribution in [2.45, 2.75) is 6.92 Å². The lowest BCUT2D eigenvalue weighted by atomic mass is 10.1. The van der Waals surface area contributed by atoms with Crippen LogP contribution in [0.4, 0.5) is 5.69 Å². The fraction of sp³-hybridized carbons (Fsp3) is 0.176. The summed E-state index contributed by atoms with van der Waals surface area (Å²) in [4.78, 5) is 14.0. The zero-order valence-corrected chi connectivity index (χ0v) is 12.9. The quantitative estimate of drug-likeness (QED) is 0.673. The molecule has 22 heavy (non-hydrogen) atoms. The van der Waals surface area contributed by atoms with Gasteiger partial charge in [0, 0.05) is 30.9 Å². The molecule has 0 aromatic heterocycles. The lowest BCUT2D eigenvalue weighted by Gasteiger charge is -2.12. The first-order valence-electron chi connectivity index (χ1n) is 6.88. The van der Waals surface area contributed by atoms with Gasteiger partial charge in [0.15, 0.2) is 0 Å². The Morgan fingerprint density at radius 2 is 2.00 bits per heavy atom. The third kappa shape index (κ3) is 3.85. The average Bonchev–Trinajstić information content (AvgIpc) is 2.49. The molecule has 0 saturated carbocycles. The molecule has 1 amide bonds. The highest BCUT2D eigenvalue weighted by molar-refractivity contribution is 5.96. The summed E-state index contributed by atoms with van der Waals surface area (Å²) in [6.07, 6.45) is 1.42. The number of benzene rings is 2. The monoisotopic (exact) mass is 297 g/mol. The van der Waals surface area contributed by atoms with E-state index in [9.17, 15) is 9.90 Å². The molecule has 0 aliphatic rings. The van der Waals surface area contributed by atoms with Gasteiger partial charge in [-0.2, -0.15) is 5.10 Å². The molecule has 2 rings (SSSR count). The van der Waals surface area contributed by atoms with Crippen LogP contribution in [0.2, 0.25) is 0 Å². The van der Waals surface area contributed by atoms with Crippen molar-refractivity contribution < 1.29 is 9.90 Å². The summed E-state index contributed by atoms with van der Waals surface area (Å²) in [5.41, 5.74) is 5.43. The summed E-state index contributed by atoms with van der Waals surface area (Å²) in [7, 11) is 3.82. The van der Waals surface area contributed by atoms with Gasteiger partial charge in [-0.25, -0.2) is 5.43 Å². The Bertz CT molecular complexity index is 709. The van der Waals surface area contributed by atoms with Gasteiger partial charge in [0.2, 0.25) is 0 Å². The lowest BCUT2D eigenvalue weighted by Crippen LogP contribution is -2.18. The van der Waals surface area contributed by atoms with Gasteiger partial charge in [-0.3, -0.25) is 4.79 Å². The number of phenolic OH excluding ortho intramolecular Hbond substituents is 1. The van der Waals surface area contributed by atoms with Crippen LogP contribution in [0.5, 0.6) is 5.75 Å². The number of carbonyl (C=O) groups excluding carboxylic acids is 1. The van der Waals surface area contributed by atoms with Crippen molar-refractivity contribution in [2.24, 2.45) is 5.10 Å². The van der Waals surface area contributed by atoms with E-state index in [0.717, 1.165) is 11.3 Å². The Hall–Kier alpha value is -2.82. The molecular formula is C17H19N3O2. The predicted molar refractivity (Wildman–Crippen MR) is 88.7 cm³/mol. The Kier molecular flexibility index (Phi) is 4.78. The van der Waals surface area contributed by atoms with Crippen LogP contribution in [0.25, 0.3) is 0 Å². The minimum absolute atomic E-state index is 0.132. The van der Waals surface area contributed by atoms with Gasteiger partial charge < -0.3 is 10.0 Å². The summed E-state index contributed by atoms with van der Waals surface area (Å²) in [5, 5.41) is 13.6. The van der Waals surface area contributed by atoms with E-state index < -0.39 is 0 Å². The van der Waals surface area contributed by atoms with E-state index in [2.05, 4.69) is 10.5 Å². The predicted octanol–water partition coefficient (Wildman–Crippen LogP) is 2.53.